The standard InChI is InChI=1S/C5H8O2/c1-2-7-5-3-4-6/h5H,2-3H2,1H3. The second-order valence-electron chi connectivity index (χ2n) is 0.970. The molecular weight excluding hydrogens is 92.1 g/mol. The molecule has 2 radical (unpaired) electrons. The minimum absolute atomic E-state index is 0.272. The molecule has 2 nitrogen and oxygen atoms in total. The van der Waals surface area contributed by atoms with Crippen LogP contribution in [0.15, 0.2) is 0 Å². The van der Waals surface area contributed by atoms with E-state index < -0.39 is 0 Å². The van der Waals surface area contributed by atoms with Crippen molar-refractivity contribution in [2.75, 3.05) is 6.61 Å². The Morgan fingerprint density at radius 1 is 1.86 bits per heavy atom. The van der Waals surface area contributed by atoms with Crippen molar-refractivity contribution in [1.29, 1.82) is 0 Å². The molecular formula is C5H8O2. The molecule has 7 heavy (non-hydrogen) atoms. The Kier molecular flexibility index (Phi) is 5.33. The molecule has 0 unspecified atom stereocenters. The highest BCUT2D eigenvalue weighted by molar-refractivity contribution is 5.51. The Bertz CT molecular complexity index is 43.3. The monoisotopic (exact) mass is 100 g/mol. The van der Waals surface area contributed by atoms with Gasteiger partial charge in [-0.05, 0) is 6.92 Å². The van der Waals surface area contributed by atoms with Gasteiger partial charge in [-0.2, -0.15) is 0 Å². The first kappa shape index (κ1) is 6.63. The van der Waals surface area contributed by atoms with Crippen LogP contribution in [-0.2, 0) is 9.53 Å². The van der Waals surface area contributed by atoms with Crippen LogP contribution in [0.25, 0.3) is 0 Å². The third kappa shape index (κ3) is 5.63. The largest absolute Gasteiger partial charge is 0.375 e. The molecule has 0 spiro atoms. The summed E-state index contributed by atoms with van der Waals surface area (Å²) in [5.41, 5.74) is 0. The highest BCUT2D eigenvalue weighted by Crippen LogP contribution is 1.82. The summed E-state index contributed by atoms with van der Waals surface area (Å²) in [5, 5.41) is 0. The third-order valence-electron chi connectivity index (χ3n) is 0.451. The van der Waals surface area contributed by atoms with Crippen LogP contribution in [0.5, 0.6) is 0 Å². The van der Waals surface area contributed by atoms with Crippen molar-refractivity contribution in [3.63, 3.8) is 0 Å². The number of carbonyl (C=O) groups excluding carboxylic acids is 1. The summed E-state index contributed by atoms with van der Waals surface area (Å²) in [4.78, 5) is 9.44. The zero-order chi connectivity index (χ0) is 5.54. The second-order valence-corrected chi connectivity index (χ2v) is 0.970. The maximum absolute atomic E-state index is 9.44. The summed E-state index contributed by atoms with van der Waals surface area (Å²) in [5.74, 6) is 0. The van der Waals surface area contributed by atoms with Gasteiger partial charge in [0.1, 0.15) is 0 Å². The van der Waals surface area contributed by atoms with Gasteiger partial charge in [0.2, 0.25) is 6.29 Å². The van der Waals surface area contributed by atoms with Gasteiger partial charge in [-0.25, -0.2) is 0 Å². The summed E-state index contributed by atoms with van der Waals surface area (Å²) in [7, 11) is 0. The van der Waals surface area contributed by atoms with Gasteiger partial charge in [-0.1, -0.05) is 0 Å². The molecule has 0 fully saturated rings. The lowest BCUT2D eigenvalue weighted by Crippen LogP contribution is -1.85. The molecule has 0 aromatic rings. The lowest BCUT2D eigenvalue weighted by molar-refractivity contribution is 0.215. The van der Waals surface area contributed by atoms with Gasteiger partial charge in [-0.3, -0.25) is 4.79 Å². The van der Waals surface area contributed by atoms with E-state index in [1.54, 1.807) is 6.29 Å². The fourth-order valence-electron chi connectivity index (χ4n) is 0.211. The Morgan fingerprint density at radius 3 is 3.00 bits per heavy atom. The van der Waals surface area contributed by atoms with Crippen molar-refractivity contribution in [3.05, 3.63) is 6.61 Å². The van der Waals surface area contributed by atoms with Gasteiger partial charge in [0.05, 0.1) is 6.61 Å². The number of hydrogen-bond acceptors (Lipinski definition) is 2. The minimum atomic E-state index is 0.272. The predicted octanol–water partition coefficient (Wildman–Crippen LogP) is 0.684. The van der Waals surface area contributed by atoms with E-state index >= 15 is 0 Å². The number of rotatable bonds is 4. The quantitative estimate of drug-likeness (QED) is 0.486. The van der Waals surface area contributed by atoms with Gasteiger partial charge in [0.15, 0.2) is 0 Å². The fraction of sp³-hybridized carbons (Fsp3) is 0.600. The normalized spacial score (nSPS) is 8.71. The molecule has 0 aliphatic rings. The fourth-order valence-corrected chi connectivity index (χ4v) is 0.211. The molecule has 0 aliphatic heterocycles. The molecule has 0 aromatic heterocycles. The molecule has 0 N–H and O–H groups in total. The summed E-state index contributed by atoms with van der Waals surface area (Å²) >= 11 is 0. The first-order valence-corrected chi connectivity index (χ1v) is 2.20. The molecule has 0 bridgehead atoms. The maximum Gasteiger partial charge on any atom is 0.201 e. The molecule has 0 atom stereocenters. The average Bonchev–Trinajstić information content (AvgIpc) is 1.69. The lowest BCUT2D eigenvalue weighted by Gasteiger charge is -1.89. The summed E-state index contributed by atoms with van der Waals surface area (Å²) in [6, 6.07) is 0. The minimum Gasteiger partial charge on any atom is -0.375 e. The van der Waals surface area contributed by atoms with Gasteiger partial charge < -0.3 is 4.74 Å². The van der Waals surface area contributed by atoms with Crippen LogP contribution in [0.3, 0.4) is 0 Å². The smallest absolute Gasteiger partial charge is 0.201 e. The van der Waals surface area contributed by atoms with E-state index in [9.17, 15) is 4.79 Å². The van der Waals surface area contributed by atoms with Gasteiger partial charge in [0, 0.05) is 13.0 Å². The van der Waals surface area contributed by atoms with Crippen molar-refractivity contribution in [3.8, 4) is 0 Å². The molecule has 0 saturated heterocycles. The second kappa shape index (κ2) is 5.63. The van der Waals surface area contributed by atoms with E-state index in [1.165, 1.54) is 6.61 Å². The zero-order valence-corrected chi connectivity index (χ0v) is 4.31. The van der Waals surface area contributed by atoms with Crippen LogP contribution in [0, 0.1) is 6.61 Å². The molecule has 0 saturated carbocycles. The number of ether oxygens (including phenoxy) is 1. The van der Waals surface area contributed by atoms with E-state index in [0.29, 0.717) is 6.61 Å². The van der Waals surface area contributed by atoms with E-state index in [1.807, 2.05) is 6.92 Å². The van der Waals surface area contributed by atoms with E-state index in [-0.39, 0.29) is 6.42 Å². The van der Waals surface area contributed by atoms with Crippen molar-refractivity contribution < 1.29 is 9.53 Å². The summed E-state index contributed by atoms with van der Waals surface area (Å²) in [6.45, 7) is 3.93. The van der Waals surface area contributed by atoms with Crippen LogP contribution < -0.4 is 0 Å². The zero-order valence-electron chi connectivity index (χ0n) is 4.31. The highest BCUT2D eigenvalue weighted by atomic mass is 16.5. The van der Waals surface area contributed by atoms with Gasteiger partial charge >= 0.3 is 0 Å². The SMILES string of the molecule is CCO[CH]C[C]=O. The number of hydrogen-bond donors (Lipinski definition) is 0. The molecule has 0 aliphatic carbocycles. The van der Waals surface area contributed by atoms with E-state index in [2.05, 4.69) is 4.74 Å². The molecule has 0 amide bonds. The molecule has 0 aromatic carbocycles. The molecule has 40 valence electrons. The van der Waals surface area contributed by atoms with Crippen LogP contribution in [0.1, 0.15) is 13.3 Å². The topological polar surface area (TPSA) is 26.3 Å². The molecule has 0 rings (SSSR count). The van der Waals surface area contributed by atoms with Gasteiger partial charge in [-0.15, -0.1) is 0 Å². The Labute approximate surface area is 43.5 Å². The van der Waals surface area contributed by atoms with Crippen LogP contribution in [0.4, 0.5) is 0 Å². The molecule has 2 heteroatoms. The Balaban J connectivity index is 2.56. The van der Waals surface area contributed by atoms with Crippen molar-refractivity contribution >= 4 is 6.29 Å². The summed E-state index contributed by atoms with van der Waals surface area (Å²) < 4.78 is 4.69. The highest BCUT2D eigenvalue weighted by Gasteiger charge is 1.81. The van der Waals surface area contributed by atoms with Crippen molar-refractivity contribution in [2.45, 2.75) is 13.3 Å². The van der Waals surface area contributed by atoms with Crippen LogP contribution in [0.2, 0.25) is 0 Å². The van der Waals surface area contributed by atoms with Crippen molar-refractivity contribution in [1.82, 2.24) is 0 Å². The van der Waals surface area contributed by atoms with Gasteiger partial charge in [0.25, 0.3) is 0 Å². The first-order chi connectivity index (χ1) is 3.41. The van der Waals surface area contributed by atoms with E-state index in [0.717, 1.165) is 0 Å². The molecule has 0 heterocycles. The maximum atomic E-state index is 9.44. The average molecular weight is 100 g/mol. The Morgan fingerprint density at radius 2 is 2.57 bits per heavy atom. The first-order valence-electron chi connectivity index (χ1n) is 2.20. The Hall–Kier alpha value is -0.370. The lowest BCUT2D eigenvalue weighted by atomic mass is 10.5. The summed E-state index contributed by atoms with van der Waals surface area (Å²) in [6.07, 6.45) is 1.94. The third-order valence-corrected chi connectivity index (χ3v) is 0.451. The van der Waals surface area contributed by atoms with Crippen molar-refractivity contribution in [2.24, 2.45) is 0 Å². The van der Waals surface area contributed by atoms with Crippen LogP contribution in [-0.4, -0.2) is 12.9 Å². The van der Waals surface area contributed by atoms with Crippen LogP contribution >= 0.6 is 0 Å². The predicted molar refractivity (Wildman–Crippen MR) is 26.2 cm³/mol. The van der Waals surface area contributed by atoms with E-state index in [4.69, 9.17) is 0 Å².